The highest BCUT2D eigenvalue weighted by Gasteiger charge is 2.36. The molecule has 0 bridgehead atoms. The quantitative estimate of drug-likeness (QED) is 0.345. The van der Waals surface area contributed by atoms with Gasteiger partial charge in [0.2, 0.25) is 0 Å². The molecule has 3 aromatic rings. The van der Waals surface area contributed by atoms with Crippen LogP contribution in [0.4, 0.5) is 20.7 Å². The zero-order chi connectivity index (χ0) is 31.3. The van der Waals surface area contributed by atoms with E-state index in [9.17, 15) is 10.1 Å². The van der Waals surface area contributed by atoms with E-state index in [1.807, 2.05) is 35.2 Å². The molecule has 3 aliphatic heterocycles. The maximum atomic E-state index is 15.1. The zero-order valence-electron chi connectivity index (χ0n) is 25.7. The molecule has 12 heteroatoms. The number of nitriles is 1. The van der Waals surface area contributed by atoms with Crippen molar-refractivity contribution in [1.82, 2.24) is 19.8 Å². The first-order chi connectivity index (χ1) is 21.9. The minimum atomic E-state index is -0.450. The molecule has 4 heterocycles. The second-order valence-electron chi connectivity index (χ2n) is 11.7. The topological polar surface area (TPSA) is 107 Å². The fourth-order valence-electron chi connectivity index (χ4n) is 6.40. The molecule has 0 spiro atoms. The number of methoxy groups -OCH3 is 1. The van der Waals surface area contributed by atoms with Crippen molar-refractivity contribution < 1.29 is 23.4 Å². The van der Waals surface area contributed by atoms with Crippen LogP contribution >= 0.6 is 0 Å². The van der Waals surface area contributed by atoms with E-state index in [0.717, 1.165) is 36.2 Å². The Labute approximate surface area is 262 Å². The molecule has 0 aliphatic carbocycles. The fraction of sp³-hybridized carbons (Fsp3) is 0.455. The van der Waals surface area contributed by atoms with Crippen LogP contribution in [0.25, 0.3) is 0 Å². The largest absolute Gasteiger partial charge is 0.494 e. The first-order valence-electron chi connectivity index (χ1n) is 15.3. The molecule has 3 aliphatic rings. The van der Waals surface area contributed by atoms with E-state index in [2.05, 4.69) is 22.9 Å². The Kier molecular flexibility index (Phi) is 9.16. The number of piperazine rings is 1. The van der Waals surface area contributed by atoms with Gasteiger partial charge in [0, 0.05) is 37.8 Å². The molecule has 1 amide bonds. The van der Waals surface area contributed by atoms with Gasteiger partial charge in [-0.15, -0.1) is 0 Å². The van der Waals surface area contributed by atoms with Gasteiger partial charge in [-0.3, -0.25) is 0 Å². The molecule has 1 aromatic heterocycles. The first-order valence-corrected chi connectivity index (χ1v) is 15.3. The normalized spacial score (nSPS) is 19.7. The molecule has 0 saturated carbocycles. The van der Waals surface area contributed by atoms with E-state index >= 15 is 4.39 Å². The van der Waals surface area contributed by atoms with Crippen LogP contribution in [0, 0.1) is 17.1 Å². The number of rotatable bonds is 9. The number of likely N-dealkylation sites (N-methyl/N-ethyl adjacent to an activating group) is 1. The van der Waals surface area contributed by atoms with Crippen LogP contribution in [-0.2, 0) is 24.4 Å². The number of ether oxygens (including phenoxy) is 3. The smallest absolute Gasteiger partial charge is 0.410 e. The number of hydrogen-bond donors (Lipinski definition) is 0. The summed E-state index contributed by atoms with van der Waals surface area (Å²) >= 11 is 0. The SMILES string of the molecule is COc1cccc(F)c1N1Cc2nc(OC[C@@H]3CCCN3C)nc(N3CCN(C(=O)OCc4ccccc4)C(CC#N)C3)c2C1. The third kappa shape index (κ3) is 6.59. The molecule has 11 nitrogen and oxygen atoms in total. The van der Waals surface area contributed by atoms with Crippen molar-refractivity contribution in [3.8, 4) is 17.8 Å². The van der Waals surface area contributed by atoms with Crippen LogP contribution in [-0.4, -0.2) is 84.9 Å². The van der Waals surface area contributed by atoms with Gasteiger partial charge in [0.15, 0.2) is 0 Å². The molecule has 45 heavy (non-hydrogen) atoms. The Hall–Kier alpha value is -4.63. The fourth-order valence-corrected chi connectivity index (χ4v) is 6.40. The van der Waals surface area contributed by atoms with Crippen LogP contribution in [0.2, 0.25) is 0 Å². The summed E-state index contributed by atoms with van der Waals surface area (Å²) in [4.78, 5) is 30.7. The minimum absolute atomic E-state index is 0.139. The molecular formula is C33H38FN7O4. The molecule has 236 valence electrons. The van der Waals surface area contributed by atoms with E-state index < -0.39 is 12.1 Å². The number of nitrogens with zero attached hydrogens (tertiary/aromatic N) is 7. The summed E-state index contributed by atoms with van der Waals surface area (Å²) in [6.45, 7) is 3.59. The summed E-state index contributed by atoms with van der Waals surface area (Å²) in [5.41, 5.74) is 2.88. The Morgan fingerprint density at radius 3 is 2.64 bits per heavy atom. The number of amides is 1. The molecule has 2 aromatic carbocycles. The van der Waals surface area contributed by atoms with E-state index in [-0.39, 0.29) is 30.9 Å². The number of para-hydroxylation sites is 1. The van der Waals surface area contributed by atoms with Gasteiger partial charge < -0.3 is 33.8 Å². The lowest BCUT2D eigenvalue weighted by molar-refractivity contribution is 0.0767. The second-order valence-corrected chi connectivity index (χ2v) is 11.7. The molecule has 0 N–H and O–H groups in total. The van der Waals surface area contributed by atoms with Crippen LogP contribution in [0.3, 0.4) is 0 Å². The predicted molar refractivity (Wildman–Crippen MR) is 166 cm³/mol. The van der Waals surface area contributed by atoms with Gasteiger partial charge >= 0.3 is 12.1 Å². The molecule has 1 unspecified atom stereocenters. The van der Waals surface area contributed by atoms with Gasteiger partial charge in [0.25, 0.3) is 0 Å². The molecule has 2 saturated heterocycles. The number of carbonyl (C=O) groups excluding carboxylic acids is 1. The van der Waals surface area contributed by atoms with Crippen molar-refractivity contribution in [3.05, 3.63) is 71.2 Å². The highest BCUT2D eigenvalue weighted by molar-refractivity contribution is 5.69. The van der Waals surface area contributed by atoms with Gasteiger partial charge in [-0.05, 0) is 44.1 Å². The Bertz CT molecular complexity index is 1550. The van der Waals surface area contributed by atoms with Crippen molar-refractivity contribution in [1.29, 1.82) is 5.26 Å². The Balaban J connectivity index is 1.25. The van der Waals surface area contributed by atoms with Crippen LogP contribution in [0.1, 0.15) is 36.1 Å². The third-order valence-corrected chi connectivity index (χ3v) is 8.85. The van der Waals surface area contributed by atoms with E-state index in [1.54, 1.807) is 17.0 Å². The van der Waals surface area contributed by atoms with Gasteiger partial charge in [0.05, 0.1) is 37.9 Å². The average Bonchev–Trinajstić information content (AvgIpc) is 3.68. The van der Waals surface area contributed by atoms with Gasteiger partial charge in [-0.2, -0.15) is 15.2 Å². The lowest BCUT2D eigenvalue weighted by Gasteiger charge is -2.41. The molecule has 2 atom stereocenters. The Morgan fingerprint density at radius 2 is 1.89 bits per heavy atom. The number of halogens is 1. The van der Waals surface area contributed by atoms with Crippen molar-refractivity contribution in [2.24, 2.45) is 0 Å². The lowest BCUT2D eigenvalue weighted by atomic mass is 10.1. The first kappa shape index (κ1) is 30.4. The minimum Gasteiger partial charge on any atom is -0.494 e. The van der Waals surface area contributed by atoms with Gasteiger partial charge in [-0.25, -0.2) is 9.18 Å². The molecule has 2 fully saturated rings. The average molecular weight is 616 g/mol. The summed E-state index contributed by atoms with van der Waals surface area (Å²) in [5, 5.41) is 9.66. The lowest BCUT2D eigenvalue weighted by Crippen LogP contribution is -2.55. The van der Waals surface area contributed by atoms with Crippen molar-refractivity contribution >= 4 is 17.6 Å². The van der Waals surface area contributed by atoms with Crippen LogP contribution < -0.4 is 19.3 Å². The maximum absolute atomic E-state index is 15.1. The van der Waals surface area contributed by atoms with Crippen molar-refractivity contribution in [3.63, 3.8) is 0 Å². The highest BCUT2D eigenvalue weighted by Crippen LogP contribution is 2.40. The Morgan fingerprint density at radius 1 is 1.04 bits per heavy atom. The summed E-state index contributed by atoms with van der Waals surface area (Å²) in [7, 11) is 3.62. The summed E-state index contributed by atoms with van der Waals surface area (Å²) in [6.07, 6.45) is 1.86. The van der Waals surface area contributed by atoms with Crippen molar-refractivity contribution in [2.45, 2.75) is 51.0 Å². The monoisotopic (exact) mass is 615 g/mol. The highest BCUT2D eigenvalue weighted by atomic mass is 19.1. The molecular weight excluding hydrogens is 577 g/mol. The number of fused-ring (bicyclic) bond motifs is 1. The second kappa shape index (κ2) is 13.6. The van der Waals surface area contributed by atoms with Crippen LogP contribution in [0.5, 0.6) is 11.8 Å². The van der Waals surface area contributed by atoms with Crippen LogP contribution in [0.15, 0.2) is 48.5 Å². The number of benzene rings is 2. The number of carbonyl (C=O) groups is 1. The predicted octanol–water partition coefficient (Wildman–Crippen LogP) is 4.36. The summed E-state index contributed by atoms with van der Waals surface area (Å²) in [5.74, 6) is 0.733. The summed E-state index contributed by atoms with van der Waals surface area (Å²) in [6, 6.07) is 16.7. The van der Waals surface area contributed by atoms with Gasteiger partial charge in [0.1, 0.15) is 36.3 Å². The van der Waals surface area contributed by atoms with Crippen molar-refractivity contribution in [2.75, 3.05) is 56.7 Å². The number of anilines is 2. The van der Waals surface area contributed by atoms with E-state index in [0.29, 0.717) is 56.6 Å². The van der Waals surface area contributed by atoms with E-state index in [4.69, 9.17) is 24.2 Å². The third-order valence-electron chi connectivity index (χ3n) is 8.85. The molecule has 0 radical (unpaired) electrons. The van der Waals surface area contributed by atoms with E-state index in [1.165, 1.54) is 13.2 Å². The maximum Gasteiger partial charge on any atom is 0.410 e. The zero-order valence-corrected chi connectivity index (χ0v) is 25.7. The van der Waals surface area contributed by atoms with Gasteiger partial charge in [-0.1, -0.05) is 36.4 Å². The summed E-state index contributed by atoms with van der Waals surface area (Å²) < 4.78 is 32.4. The standard InChI is InChI=1S/C33H38FN7O4/c1-38-15-7-10-25(38)22-44-32-36-28-20-40(30-27(34)11-6-12-29(30)43-2)19-26(28)31(37-32)39-16-17-41(24(18-39)13-14-35)33(42)45-21-23-8-4-3-5-9-23/h3-6,8-9,11-12,24-25H,7,10,13,15-22H2,1-2H3/t24?,25-/m0/s1. The number of aromatic nitrogens is 2. The number of likely N-dealkylation sites (tertiary alicyclic amines) is 1. The molecule has 6 rings (SSSR count). The number of hydrogen-bond acceptors (Lipinski definition) is 10.